The maximum Gasteiger partial charge on any atom is 0.407 e. The van der Waals surface area contributed by atoms with E-state index in [4.69, 9.17) is 33.2 Å². The van der Waals surface area contributed by atoms with E-state index in [0.29, 0.717) is 92.1 Å². The molecule has 206 valence electrons. The minimum Gasteiger partial charge on any atom is -0.465 e. The lowest BCUT2D eigenvalue weighted by atomic mass is 9.80. The van der Waals surface area contributed by atoms with E-state index < -0.39 is 6.09 Å². The average Bonchev–Trinajstić information content (AvgIpc) is 2.80. The lowest BCUT2D eigenvalue weighted by Gasteiger charge is -2.44. The molecule has 0 aromatic carbocycles. The van der Waals surface area contributed by atoms with Crippen molar-refractivity contribution in [2.45, 2.75) is 52.7 Å². The van der Waals surface area contributed by atoms with Gasteiger partial charge in [0.15, 0.2) is 0 Å². The summed E-state index contributed by atoms with van der Waals surface area (Å²) in [6.45, 7) is 13.2. The maximum absolute atomic E-state index is 11.5. The smallest absolute Gasteiger partial charge is 0.407 e. The van der Waals surface area contributed by atoms with Crippen LogP contribution in [0.2, 0.25) is 0 Å². The van der Waals surface area contributed by atoms with Crippen molar-refractivity contribution in [1.82, 2.24) is 4.90 Å². The molecule has 11 heteroatoms. The third-order valence-electron chi connectivity index (χ3n) is 5.39. The Labute approximate surface area is 209 Å². The van der Waals surface area contributed by atoms with Crippen molar-refractivity contribution < 1.29 is 47.9 Å². The first-order valence-corrected chi connectivity index (χ1v) is 12.4. The molecule has 0 saturated carbocycles. The standard InChI is InChI=1S/C24H45NO10/c1-5-34-22(26)19-33-15-14-31-11-10-29-8-9-30-12-13-32-16-17-35-20-6-7-25(23(27)28)21(18-20)24(2,3)4/h20-21H,5-19H2,1-4H3,(H,27,28). The Bertz CT molecular complexity index is 569. The Morgan fingerprint density at radius 3 is 1.77 bits per heavy atom. The molecule has 1 rings (SSSR count). The number of likely N-dealkylation sites (tertiary alicyclic amines) is 1. The van der Waals surface area contributed by atoms with Gasteiger partial charge in [0.05, 0.1) is 78.8 Å². The first-order chi connectivity index (χ1) is 16.8. The maximum atomic E-state index is 11.5. The number of amides is 1. The second-order valence-corrected chi connectivity index (χ2v) is 9.18. The molecule has 2 atom stereocenters. The lowest BCUT2D eigenvalue weighted by molar-refractivity contribution is -0.149. The predicted octanol–water partition coefficient (Wildman–Crippen LogP) is 2.21. The number of hydrogen-bond donors (Lipinski definition) is 1. The van der Waals surface area contributed by atoms with Crippen LogP contribution in [-0.2, 0) is 38.0 Å². The molecule has 0 aliphatic carbocycles. The fraction of sp³-hybridized carbons (Fsp3) is 0.917. The number of carboxylic acid groups (broad SMARTS) is 1. The van der Waals surface area contributed by atoms with E-state index in [-0.39, 0.29) is 30.1 Å². The molecule has 1 heterocycles. The van der Waals surface area contributed by atoms with Gasteiger partial charge in [-0.25, -0.2) is 9.59 Å². The highest BCUT2D eigenvalue weighted by Crippen LogP contribution is 2.33. The normalized spacial score (nSPS) is 18.6. The van der Waals surface area contributed by atoms with Crippen LogP contribution in [0.5, 0.6) is 0 Å². The van der Waals surface area contributed by atoms with Crippen molar-refractivity contribution in [1.29, 1.82) is 0 Å². The van der Waals surface area contributed by atoms with Crippen LogP contribution in [0.25, 0.3) is 0 Å². The summed E-state index contributed by atoms with van der Waals surface area (Å²) in [6, 6.07) is -0.0568. The average molecular weight is 508 g/mol. The molecule has 2 unspecified atom stereocenters. The number of carbonyl (C=O) groups excluding carboxylic acids is 1. The highest BCUT2D eigenvalue weighted by molar-refractivity contribution is 5.70. The van der Waals surface area contributed by atoms with E-state index in [1.54, 1.807) is 6.92 Å². The van der Waals surface area contributed by atoms with Gasteiger partial charge in [0, 0.05) is 12.6 Å². The summed E-state index contributed by atoms with van der Waals surface area (Å²) in [6.07, 6.45) is 0.594. The van der Waals surface area contributed by atoms with Gasteiger partial charge in [-0.3, -0.25) is 0 Å². The molecule has 0 aromatic heterocycles. The van der Waals surface area contributed by atoms with E-state index in [0.717, 1.165) is 0 Å². The molecule has 1 N–H and O–H groups in total. The van der Waals surface area contributed by atoms with Crippen molar-refractivity contribution in [3.8, 4) is 0 Å². The summed E-state index contributed by atoms with van der Waals surface area (Å²) in [5.74, 6) is -0.376. The van der Waals surface area contributed by atoms with Crippen LogP contribution in [0.15, 0.2) is 0 Å². The summed E-state index contributed by atoms with van der Waals surface area (Å²) in [5.41, 5.74) is -0.133. The predicted molar refractivity (Wildman–Crippen MR) is 128 cm³/mol. The summed E-state index contributed by atoms with van der Waals surface area (Å²) >= 11 is 0. The fourth-order valence-electron chi connectivity index (χ4n) is 3.65. The van der Waals surface area contributed by atoms with Crippen LogP contribution in [0.3, 0.4) is 0 Å². The third-order valence-corrected chi connectivity index (χ3v) is 5.39. The van der Waals surface area contributed by atoms with Crippen LogP contribution >= 0.6 is 0 Å². The molecule has 0 aromatic rings. The molecular weight excluding hydrogens is 462 g/mol. The van der Waals surface area contributed by atoms with Crippen LogP contribution in [0.4, 0.5) is 4.79 Å². The van der Waals surface area contributed by atoms with Crippen LogP contribution < -0.4 is 0 Å². The van der Waals surface area contributed by atoms with Gasteiger partial charge in [-0.15, -0.1) is 0 Å². The minimum atomic E-state index is -0.861. The molecule has 1 aliphatic heterocycles. The number of hydrogen-bond acceptors (Lipinski definition) is 9. The van der Waals surface area contributed by atoms with Crippen LogP contribution in [0, 0.1) is 5.41 Å². The van der Waals surface area contributed by atoms with Gasteiger partial charge in [0.2, 0.25) is 0 Å². The molecular formula is C24H45NO10. The van der Waals surface area contributed by atoms with Crippen molar-refractivity contribution in [3.05, 3.63) is 0 Å². The number of ether oxygens (including phenoxy) is 7. The van der Waals surface area contributed by atoms with Crippen LogP contribution in [0.1, 0.15) is 40.5 Å². The van der Waals surface area contributed by atoms with E-state index in [1.165, 1.54) is 4.90 Å². The van der Waals surface area contributed by atoms with E-state index in [1.807, 2.05) is 0 Å². The Hall–Kier alpha value is -1.50. The second-order valence-electron chi connectivity index (χ2n) is 9.18. The van der Waals surface area contributed by atoms with E-state index in [2.05, 4.69) is 20.8 Å². The van der Waals surface area contributed by atoms with Crippen molar-refractivity contribution in [2.24, 2.45) is 5.41 Å². The van der Waals surface area contributed by atoms with Crippen molar-refractivity contribution in [2.75, 3.05) is 85.8 Å². The van der Waals surface area contributed by atoms with Gasteiger partial charge in [-0.05, 0) is 25.2 Å². The SMILES string of the molecule is CCOC(=O)COCCOCCOCCOCCOCCOC1CCN(C(=O)O)C(C(C)(C)C)C1. The van der Waals surface area contributed by atoms with Gasteiger partial charge in [0.25, 0.3) is 0 Å². The minimum absolute atomic E-state index is 0.0490. The number of rotatable bonds is 19. The van der Waals surface area contributed by atoms with Crippen molar-refractivity contribution >= 4 is 12.1 Å². The Kier molecular flexibility index (Phi) is 16.9. The Morgan fingerprint density at radius 2 is 1.31 bits per heavy atom. The zero-order valence-electron chi connectivity index (χ0n) is 21.8. The molecule has 11 nitrogen and oxygen atoms in total. The zero-order valence-corrected chi connectivity index (χ0v) is 21.8. The summed E-state index contributed by atoms with van der Waals surface area (Å²) in [4.78, 5) is 24.1. The molecule has 1 fully saturated rings. The van der Waals surface area contributed by atoms with E-state index >= 15 is 0 Å². The number of esters is 1. The zero-order chi connectivity index (χ0) is 25.9. The Morgan fingerprint density at radius 1 is 0.829 bits per heavy atom. The summed E-state index contributed by atoms with van der Waals surface area (Å²) in [5, 5.41) is 9.43. The first kappa shape index (κ1) is 31.5. The number of carbonyl (C=O) groups is 2. The molecule has 0 bridgehead atoms. The van der Waals surface area contributed by atoms with Gasteiger partial charge >= 0.3 is 12.1 Å². The largest absolute Gasteiger partial charge is 0.465 e. The van der Waals surface area contributed by atoms with Gasteiger partial charge in [-0.1, -0.05) is 20.8 Å². The molecule has 1 amide bonds. The fourth-order valence-corrected chi connectivity index (χ4v) is 3.65. The molecule has 1 aliphatic rings. The van der Waals surface area contributed by atoms with Gasteiger partial charge in [-0.2, -0.15) is 0 Å². The topological polar surface area (TPSA) is 122 Å². The molecule has 35 heavy (non-hydrogen) atoms. The molecule has 1 saturated heterocycles. The van der Waals surface area contributed by atoms with Gasteiger partial charge in [0.1, 0.15) is 6.61 Å². The lowest BCUT2D eigenvalue weighted by Crippen LogP contribution is -2.53. The first-order valence-electron chi connectivity index (χ1n) is 12.4. The third kappa shape index (κ3) is 15.3. The monoisotopic (exact) mass is 507 g/mol. The van der Waals surface area contributed by atoms with Crippen molar-refractivity contribution in [3.63, 3.8) is 0 Å². The second kappa shape index (κ2) is 18.7. The van der Waals surface area contributed by atoms with Crippen LogP contribution in [-0.4, -0.2) is 120 Å². The van der Waals surface area contributed by atoms with Gasteiger partial charge < -0.3 is 43.2 Å². The highest BCUT2D eigenvalue weighted by atomic mass is 16.6. The summed E-state index contributed by atoms with van der Waals surface area (Å²) in [7, 11) is 0. The number of piperidine rings is 1. The highest BCUT2D eigenvalue weighted by Gasteiger charge is 2.38. The summed E-state index contributed by atoms with van der Waals surface area (Å²) < 4.78 is 37.5. The molecule has 0 spiro atoms. The van der Waals surface area contributed by atoms with E-state index in [9.17, 15) is 14.7 Å². The molecule has 0 radical (unpaired) electrons. The number of nitrogens with zero attached hydrogens (tertiary/aromatic N) is 1. The Balaban J connectivity index is 1.88. The quantitative estimate of drug-likeness (QED) is 0.206.